The number of esters is 4. The van der Waals surface area contributed by atoms with Crippen molar-refractivity contribution in [1.82, 2.24) is 0 Å². The molecule has 0 radical (unpaired) electrons. The molecule has 2 rings (SSSR count). The number of benzene rings is 2. The molecule has 38 heavy (non-hydrogen) atoms. The van der Waals surface area contributed by atoms with Gasteiger partial charge in [-0.05, 0) is 69.4 Å². The molecule has 0 aliphatic rings. The number of hydrogen-bond donors (Lipinski definition) is 0. The van der Waals surface area contributed by atoms with Crippen LogP contribution in [0.15, 0.2) is 48.5 Å². The van der Waals surface area contributed by atoms with Gasteiger partial charge >= 0.3 is 23.9 Å². The summed E-state index contributed by atoms with van der Waals surface area (Å²) in [7, 11) is 0. The van der Waals surface area contributed by atoms with Gasteiger partial charge < -0.3 is 23.7 Å². The van der Waals surface area contributed by atoms with E-state index in [4.69, 9.17) is 23.7 Å². The minimum absolute atomic E-state index is 0.0172. The van der Waals surface area contributed by atoms with Gasteiger partial charge in [0.05, 0.1) is 26.4 Å². The Hall–Kier alpha value is -3.88. The molecule has 0 amide bonds. The molecule has 0 saturated heterocycles. The number of rotatable bonds is 15. The summed E-state index contributed by atoms with van der Waals surface area (Å²) < 4.78 is 26.4. The smallest absolute Gasteiger partial charge is 0.320 e. The first-order valence-electron chi connectivity index (χ1n) is 12.8. The Balaban J connectivity index is 2.43. The predicted octanol–water partition coefficient (Wildman–Crippen LogP) is 3.84. The molecule has 0 aromatic heterocycles. The van der Waals surface area contributed by atoms with Crippen LogP contribution < -0.4 is 4.74 Å². The van der Waals surface area contributed by atoms with Crippen LogP contribution >= 0.6 is 0 Å². The molecule has 0 saturated carbocycles. The second kappa shape index (κ2) is 16.1. The third-order valence-corrected chi connectivity index (χ3v) is 5.44. The highest BCUT2D eigenvalue weighted by molar-refractivity contribution is 5.96. The number of carbonyl (C=O) groups excluding carboxylic acids is 4. The third-order valence-electron chi connectivity index (χ3n) is 5.44. The Morgan fingerprint density at radius 2 is 0.974 bits per heavy atom. The second-order valence-corrected chi connectivity index (χ2v) is 8.28. The zero-order valence-electron chi connectivity index (χ0n) is 22.4. The summed E-state index contributed by atoms with van der Waals surface area (Å²) in [5.41, 5.74) is 2.08. The van der Waals surface area contributed by atoms with Crippen LogP contribution in [0.3, 0.4) is 0 Å². The van der Waals surface area contributed by atoms with Crippen molar-refractivity contribution in [3.63, 3.8) is 0 Å². The average molecular weight is 529 g/mol. The maximum Gasteiger partial charge on any atom is 0.320 e. The van der Waals surface area contributed by atoms with Gasteiger partial charge in [0.1, 0.15) is 12.4 Å². The van der Waals surface area contributed by atoms with Gasteiger partial charge in [-0.2, -0.15) is 0 Å². The summed E-state index contributed by atoms with van der Waals surface area (Å²) in [4.78, 5) is 50.3. The minimum atomic E-state index is -1.18. The topological polar surface area (TPSA) is 114 Å². The molecule has 2 aromatic carbocycles. The van der Waals surface area contributed by atoms with Crippen molar-refractivity contribution in [3.05, 3.63) is 65.2 Å². The lowest BCUT2D eigenvalue weighted by Gasteiger charge is -2.18. The number of carbonyl (C=O) groups is 4. The van der Waals surface area contributed by atoms with Crippen LogP contribution in [0, 0.1) is 11.8 Å². The van der Waals surface area contributed by atoms with E-state index in [1.54, 1.807) is 45.9 Å². The second-order valence-electron chi connectivity index (χ2n) is 8.28. The molecule has 0 bridgehead atoms. The maximum atomic E-state index is 12.6. The Labute approximate surface area is 223 Å². The van der Waals surface area contributed by atoms with Gasteiger partial charge in [-0.15, -0.1) is 0 Å². The molecule has 0 atom stereocenters. The quantitative estimate of drug-likeness (QED) is 0.193. The van der Waals surface area contributed by atoms with Gasteiger partial charge in [0.15, 0.2) is 11.8 Å². The first-order valence-corrected chi connectivity index (χ1v) is 12.8. The Morgan fingerprint density at radius 3 is 1.34 bits per heavy atom. The van der Waals surface area contributed by atoms with Crippen LogP contribution in [0.1, 0.15) is 44.4 Å². The Kier molecular flexibility index (Phi) is 12.8. The average Bonchev–Trinajstić information content (AvgIpc) is 2.90. The predicted molar refractivity (Wildman–Crippen MR) is 138 cm³/mol. The van der Waals surface area contributed by atoms with Gasteiger partial charge in [-0.3, -0.25) is 19.2 Å². The zero-order chi connectivity index (χ0) is 27.9. The summed E-state index contributed by atoms with van der Waals surface area (Å²) in [5.74, 6) is -4.70. The highest BCUT2D eigenvalue weighted by atomic mass is 16.6. The van der Waals surface area contributed by atoms with E-state index in [1.165, 1.54) is 0 Å². The lowest BCUT2D eigenvalue weighted by Crippen LogP contribution is -2.30. The SMILES string of the molecule is CCOC(=O)C(Cc1cc(CC(C(=O)OCC)C(=O)OCC)cc(OCc2ccccc2)c1)C(=O)OCC. The largest absolute Gasteiger partial charge is 0.489 e. The molecule has 0 fully saturated rings. The van der Waals surface area contributed by atoms with Gasteiger partial charge in [0.25, 0.3) is 0 Å². The summed E-state index contributed by atoms with van der Waals surface area (Å²) in [6, 6.07) is 14.7. The fourth-order valence-electron chi connectivity index (χ4n) is 3.76. The van der Waals surface area contributed by atoms with E-state index in [0.717, 1.165) is 5.56 Å². The van der Waals surface area contributed by atoms with Crippen molar-refractivity contribution in [3.8, 4) is 5.75 Å². The van der Waals surface area contributed by atoms with Crippen LogP contribution in [0.5, 0.6) is 5.75 Å². The summed E-state index contributed by atoms with van der Waals surface area (Å²) in [6.45, 7) is 7.33. The van der Waals surface area contributed by atoms with Crippen molar-refractivity contribution < 1.29 is 42.9 Å². The van der Waals surface area contributed by atoms with E-state index in [0.29, 0.717) is 16.9 Å². The highest BCUT2D eigenvalue weighted by Gasteiger charge is 2.32. The van der Waals surface area contributed by atoms with E-state index in [1.807, 2.05) is 30.3 Å². The fourth-order valence-corrected chi connectivity index (χ4v) is 3.76. The van der Waals surface area contributed by atoms with Crippen molar-refractivity contribution in [2.75, 3.05) is 26.4 Å². The number of hydrogen-bond acceptors (Lipinski definition) is 9. The van der Waals surface area contributed by atoms with E-state index in [-0.39, 0.29) is 45.9 Å². The molecule has 206 valence electrons. The van der Waals surface area contributed by atoms with E-state index < -0.39 is 35.7 Å². The first kappa shape index (κ1) is 30.3. The van der Waals surface area contributed by atoms with Crippen LogP contribution in [-0.2, 0) is 57.6 Å². The van der Waals surface area contributed by atoms with Crippen molar-refractivity contribution in [2.45, 2.75) is 47.1 Å². The molecule has 9 heteroatoms. The van der Waals surface area contributed by atoms with Crippen LogP contribution in [0.2, 0.25) is 0 Å². The van der Waals surface area contributed by atoms with Crippen molar-refractivity contribution in [2.24, 2.45) is 11.8 Å². The van der Waals surface area contributed by atoms with Crippen LogP contribution in [0.4, 0.5) is 0 Å². The van der Waals surface area contributed by atoms with Crippen molar-refractivity contribution >= 4 is 23.9 Å². The standard InChI is InChI=1S/C29H36O9/c1-5-34-26(30)24(27(31)35-6-2)17-21-14-22(18-25(28(32)36-7-3)29(33)37-8-4)16-23(15-21)38-19-20-12-10-9-11-13-20/h9-16,24-25H,5-8,17-19H2,1-4H3. The maximum absolute atomic E-state index is 12.6. The number of ether oxygens (including phenoxy) is 5. The molecule has 0 unspecified atom stereocenters. The van der Waals surface area contributed by atoms with Gasteiger partial charge in [-0.25, -0.2) is 0 Å². The molecule has 0 spiro atoms. The lowest BCUT2D eigenvalue weighted by molar-refractivity contribution is -0.163. The normalized spacial score (nSPS) is 10.7. The molecule has 0 heterocycles. The van der Waals surface area contributed by atoms with E-state index in [9.17, 15) is 19.2 Å². The molecular weight excluding hydrogens is 492 g/mol. The molecular formula is C29H36O9. The first-order chi connectivity index (χ1) is 18.3. The molecule has 9 nitrogen and oxygen atoms in total. The zero-order valence-corrected chi connectivity index (χ0v) is 22.4. The molecule has 0 aliphatic heterocycles. The minimum Gasteiger partial charge on any atom is -0.489 e. The highest BCUT2D eigenvalue weighted by Crippen LogP contribution is 2.25. The Bertz CT molecular complexity index is 969. The summed E-state index contributed by atoms with van der Waals surface area (Å²) in [5, 5.41) is 0. The van der Waals surface area contributed by atoms with Crippen LogP contribution in [0.25, 0.3) is 0 Å². The van der Waals surface area contributed by atoms with Gasteiger partial charge in [0.2, 0.25) is 0 Å². The van der Waals surface area contributed by atoms with E-state index in [2.05, 4.69) is 0 Å². The molecule has 2 aromatic rings. The summed E-state index contributed by atoms with van der Waals surface area (Å²) in [6.07, 6.45) is -0.0344. The third kappa shape index (κ3) is 9.53. The van der Waals surface area contributed by atoms with E-state index >= 15 is 0 Å². The Morgan fingerprint density at radius 1 is 0.579 bits per heavy atom. The summed E-state index contributed by atoms with van der Waals surface area (Å²) >= 11 is 0. The monoisotopic (exact) mass is 528 g/mol. The lowest BCUT2D eigenvalue weighted by atomic mass is 9.93. The molecule has 0 N–H and O–H groups in total. The van der Waals surface area contributed by atoms with Gasteiger partial charge in [0, 0.05) is 0 Å². The van der Waals surface area contributed by atoms with Gasteiger partial charge in [-0.1, -0.05) is 36.4 Å². The molecule has 0 aliphatic carbocycles. The van der Waals surface area contributed by atoms with Crippen LogP contribution in [-0.4, -0.2) is 50.3 Å². The van der Waals surface area contributed by atoms with Crippen molar-refractivity contribution in [1.29, 1.82) is 0 Å². The fraction of sp³-hybridized carbons (Fsp3) is 0.448.